The molecule has 3 fully saturated rings. The van der Waals surface area contributed by atoms with Crippen LogP contribution in [0, 0.1) is 17.8 Å². The minimum absolute atomic E-state index is 0.0713. The van der Waals surface area contributed by atoms with Gasteiger partial charge in [-0.1, -0.05) is 42.3 Å². The number of fused-ring (bicyclic) bond motifs is 1. The van der Waals surface area contributed by atoms with Gasteiger partial charge in [0.15, 0.2) is 0 Å². The fourth-order valence-electron chi connectivity index (χ4n) is 6.56. The van der Waals surface area contributed by atoms with Crippen molar-refractivity contribution in [1.82, 2.24) is 24.3 Å². The summed E-state index contributed by atoms with van der Waals surface area (Å²) in [6.45, 7) is 6.75. The molecule has 1 atom stereocenters. The van der Waals surface area contributed by atoms with Gasteiger partial charge in [0.2, 0.25) is 5.91 Å². The second-order valence-electron chi connectivity index (χ2n) is 12.2. The number of hydrogen-bond acceptors (Lipinski definition) is 8. The summed E-state index contributed by atoms with van der Waals surface area (Å²) in [5.74, 6) is 9.34. The number of anilines is 1. The number of para-hydroxylation sites is 1. The SMILES string of the molecule is Nc1ncnc2c1c(-c1ccc(Oc3ccccc3)cc1)c(C#CC1CCN(C(=O)/C=C/CN3CCOCC3)CC1)n2[C@@H]1CCOC1. The second-order valence-corrected chi connectivity index (χ2v) is 12.2. The maximum absolute atomic E-state index is 12.9. The third-order valence-electron chi connectivity index (χ3n) is 9.13. The standard InChI is InChI=1S/C37H40N6O4/c38-36-35-34(28-9-11-31(12-10-28)47-30-5-2-1-3-6-30)32(43(29-16-22-46-25-29)37(35)40-26-39-36)13-8-27-14-18-42(19-15-27)33(44)7-4-17-41-20-23-45-24-21-41/h1-7,9-12,26-27,29H,14-25H2,(H2,38,39,40)/b7-4+/t29-/m1/s1. The normalized spacial score (nSPS) is 19.2. The molecular weight excluding hydrogens is 592 g/mol. The van der Waals surface area contributed by atoms with Gasteiger partial charge in [-0.2, -0.15) is 0 Å². The van der Waals surface area contributed by atoms with Gasteiger partial charge in [0.1, 0.15) is 35.0 Å². The van der Waals surface area contributed by atoms with Gasteiger partial charge in [-0.25, -0.2) is 9.97 Å². The van der Waals surface area contributed by atoms with Crippen molar-refractivity contribution in [2.45, 2.75) is 25.3 Å². The number of piperidine rings is 1. The first-order chi connectivity index (χ1) is 23.1. The molecule has 0 unspecified atom stereocenters. The zero-order valence-corrected chi connectivity index (χ0v) is 26.5. The molecule has 0 spiro atoms. The lowest BCUT2D eigenvalue weighted by Gasteiger charge is -2.29. The van der Waals surface area contributed by atoms with E-state index in [1.54, 1.807) is 6.08 Å². The van der Waals surface area contributed by atoms with E-state index in [4.69, 9.17) is 24.9 Å². The molecule has 7 rings (SSSR count). The predicted octanol–water partition coefficient (Wildman–Crippen LogP) is 4.91. The number of nitrogens with zero attached hydrogens (tertiary/aromatic N) is 5. The Morgan fingerprint density at radius 3 is 2.45 bits per heavy atom. The second kappa shape index (κ2) is 14.4. The molecule has 47 heavy (non-hydrogen) atoms. The van der Waals surface area contributed by atoms with Crippen molar-refractivity contribution in [3.8, 4) is 34.5 Å². The third-order valence-corrected chi connectivity index (χ3v) is 9.13. The number of amides is 1. The molecule has 2 N–H and O–H groups in total. The summed E-state index contributed by atoms with van der Waals surface area (Å²) in [5.41, 5.74) is 10.1. The highest BCUT2D eigenvalue weighted by Gasteiger charge is 2.28. The number of morpholine rings is 1. The Labute approximate surface area is 275 Å². The van der Waals surface area contributed by atoms with E-state index in [1.807, 2.05) is 65.6 Å². The van der Waals surface area contributed by atoms with Gasteiger partial charge in [-0.15, -0.1) is 0 Å². The highest BCUT2D eigenvalue weighted by molar-refractivity contribution is 6.03. The number of likely N-dealkylation sites (tertiary alicyclic amines) is 1. The molecule has 0 saturated carbocycles. The molecule has 3 aliphatic rings. The van der Waals surface area contributed by atoms with Crippen LogP contribution in [-0.2, 0) is 14.3 Å². The maximum Gasteiger partial charge on any atom is 0.246 e. The number of ether oxygens (including phenoxy) is 3. The van der Waals surface area contributed by atoms with E-state index < -0.39 is 0 Å². The van der Waals surface area contributed by atoms with E-state index in [0.29, 0.717) is 32.1 Å². The maximum atomic E-state index is 12.9. The number of carbonyl (C=O) groups is 1. The highest BCUT2D eigenvalue weighted by atomic mass is 16.5. The number of carbonyl (C=O) groups excluding carboxylic acids is 1. The summed E-state index contributed by atoms with van der Waals surface area (Å²) >= 11 is 0. The van der Waals surface area contributed by atoms with Crippen LogP contribution in [0.5, 0.6) is 11.5 Å². The molecule has 0 radical (unpaired) electrons. The lowest BCUT2D eigenvalue weighted by atomic mass is 9.96. The van der Waals surface area contributed by atoms with Crippen molar-refractivity contribution in [1.29, 1.82) is 0 Å². The van der Waals surface area contributed by atoms with E-state index in [1.165, 1.54) is 6.33 Å². The zero-order chi connectivity index (χ0) is 32.0. The Balaban J connectivity index is 1.14. The number of nitrogens with two attached hydrogens (primary N) is 1. The summed E-state index contributed by atoms with van der Waals surface area (Å²) in [7, 11) is 0. The molecule has 2 aromatic heterocycles. The van der Waals surface area contributed by atoms with Crippen molar-refractivity contribution >= 4 is 22.8 Å². The average Bonchev–Trinajstić information content (AvgIpc) is 3.76. The first-order valence-electron chi connectivity index (χ1n) is 16.5. The summed E-state index contributed by atoms with van der Waals surface area (Å²) in [6.07, 6.45) is 7.73. The van der Waals surface area contributed by atoms with Gasteiger partial charge in [0.25, 0.3) is 0 Å². The smallest absolute Gasteiger partial charge is 0.246 e. The fraction of sp³-hybridized carbons (Fsp3) is 0.378. The Morgan fingerprint density at radius 1 is 0.936 bits per heavy atom. The van der Waals surface area contributed by atoms with Crippen LogP contribution in [0.2, 0.25) is 0 Å². The molecule has 4 aromatic rings. The molecule has 1 amide bonds. The van der Waals surface area contributed by atoms with Gasteiger partial charge < -0.3 is 29.4 Å². The Morgan fingerprint density at radius 2 is 1.70 bits per heavy atom. The summed E-state index contributed by atoms with van der Waals surface area (Å²) < 4.78 is 19.5. The summed E-state index contributed by atoms with van der Waals surface area (Å²) in [6, 6.07) is 17.8. The lowest BCUT2D eigenvalue weighted by molar-refractivity contribution is -0.127. The number of nitrogen functional groups attached to an aromatic ring is 1. The molecule has 5 heterocycles. The van der Waals surface area contributed by atoms with Gasteiger partial charge in [0, 0.05) is 56.9 Å². The van der Waals surface area contributed by atoms with Crippen molar-refractivity contribution < 1.29 is 19.0 Å². The highest BCUT2D eigenvalue weighted by Crippen LogP contribution is 2.40. The Bertz CT molecular complexity index is 1770. The van der Waals surface area contributed by atoms with Crippen molar-refractivity contribution in [2.75, 3.05) is 64.9 Å². The van der Waals surface area contributed by atoms with E-state index in [9.17, 15) is 4.79 Å². The average molecular weight is 633 g/mol. The Hall–Kier alpha value is -4.69. The first-order valence-corrected chi connectivity index (χ1v) is 16.5. The summed E-state index contributed by atoms with van der Waals surface area (Å²) in [4.78, 5) is 26.2. The first kappa shape index (κ1) is 30.9. The van der Waals surface area contributed by atoms with E-state index in [2.05, 4.69) is 26.3 Å². The minimum Gasteiger partial charge on any atom is -0.457 e. The van der Waals surface area contributed by atoms with Crippen LogP contribution in [0.1, 0.15) is 31.0 Å². The number of benzene rings is 2. The minimum atomic E-state index is 0.0713. The molecule has 0 aliphatic carbocycles. The molecule has 2 aromatic carbocycles. The summed E-state index contributed by atoms with van der Waals surface area (Å²) in [5, 5.41) is 0.796. The molecule has 3 aliphatic heterocycles. The molecule has 10 heteroatoms. The molecule has 10 nitrogen and oxygen atoms in total. The quantitative estimate of drug-likeness (QED) is 0.226. The molecule has 3 saturated heterocycles. The van der Waals surface area contributed by atoms with Crippen LogP contribution in [0.3, 0.4) is 0 Å². The number of rotatable bonds is 7. The van der Waals surface area contributed by atoms with Crippen molar-refractivity contribution in [3.63, 3.8) is 0 Å². The van der Waals surface area contributed by atoms with Crippen molar-refractivity contribution in [2.24, 2.45) is 5.92 Å². The van der Waals surface area contributed by atoms with Crippen LogP contribution >= 0.6 is 0 Å². The molecular formula is C37H40N6O4. The van der Waals surface area contributed by atoms with Gasteiger partial charge >= 0.3 is 0 Å². The monoisotopic (exact) mass is 632 g/mol. The molecule has 0 bridgehead atoms. The van der Waals surface area contributed by atoms with Crippen molar-refractivity contribution in [3.05, 3.63) is 78.8 Å². The van der Waals surface area contributed by atoms with Crippen LogP contribution in [0.15, 0.2) is 73.1 Å². The fourth-order valence-corrected chi connectivity index (χ4v) is 6.56. The topological polar surface area (TPSA) is 108 Å². The van der Waals surface area contributed by atoms with Crippen LogP contribution in [-0.4, -0.2) is 89.4 Å². The van der Waals surface area contributed by atoms with Crippen LogP contribution in [0.4, 0.5) is 5.82 Å². The number of hydrogen-bond donors (Lipinski definition) is 1. The predicted molar refractivity (Wildman–Crippen MR) is 181 cm³/mol. The van der Waals surface area contributed by atoms with Gasteiger partial charge in [-0.3, -0.25) is 9.69 Å². The van der Waals surface area contributed by atoms with Crippen LogP contribution < -0.4 is 10.5 Å². The third kappa shape index (κ3) is 7.03. The Kier molecular flexibility index (Phi) is 9.47. The van der Waals surface area contributed by atoms with E-state index in [-0.39, 0.29) is 17.9 Å². The largest absolute Gasteiger partial charge is 0.457 e. The van der Waals surface area contributed by atoms with Gasteiger partial charge in [0.05, 0.1) is 31.2 Å². The molecule has 242 valence electrons. The van der Waals surface area contributed by atoms with Gasteiger partial charge in [-0.05, 0) is 55.0 Å². The number of aromatic nitrogens is 3. The van der Waals surface area contributed by atoms with E-state index in [0.717, 1.165) is 91.5 Å². The van der Waals surface area contributed by atoms with E-state index >= 15 is 0 Å². The zero-order valence-electron chi connectivity index (χ0n) is 26.5. The lowest BCUT2D eigenvalue weighted by Crippen LogP contribution is -2.38. The van der Waals surface area contributed by atoms with Crippen LogP contribution in [0.25, 0.3) is 22.2 Å².